The first-order chi connectivity index (χ1) is 12.8. The summed E-state index contributed by atoms with van der Waals surface area (Å²) in [4.78, 5) is 23.6. The van der Waals surface area contributed by atoms with Crippen molar-refractivity contribution in [1.82, 2.24) is 5.32 Å². The highest BCUT2D eigenvalue weighted by molar-refractivity contribution is 6.30. The van der Waals surface area contributed by atoms with Crippen LogP contribution in [0.4, 0.5) is 0 Å². The zero-order valence-corrected chi connectivity index (χ0v) is 16.4. The molecule has 0 saturated carbocycles. The van der Waals surface area contributed by atoms with Gasteiger partial charge in [-0.3, -0.25) is 4.79 Å². The fourth-order valence-corrected chi connectivity index (χ4v) is 2.89. The smallest absolute Gasteiger partial charge is 0.335 e. The van der Waals surface area contributed by atoms with Crippen LogP contribution in [0.2, 0.25) is 5.02 Å². The number of nitrogens with one attached hydrogen (secondary N) is 1. The highest BCUT2D eigenvalue weighted by Crippen LogP contribution is 2.17. The highest BCUT2D eigenvalue weighted by atomic mass is 35.5. The van der Waals surface area contributed by atoms with Gasteiger partial charge in [-0.1, -0.05) is 49.7 Å². The summed E-state index contributed by atoms with van der Waals surface area (Å²) >= 11 is 5.98. The molecule has 1 amide bonds. The van der Waals surface area contributed by atoms with E-state index in [1.807, 2.05) is 39.0 Å². The van der Waals surface area contributed by atoms with Gasteiger partial charge in [0.25, 0.3) is 0 Å². The predicted molar refractivity (Wildman–Crippen MR) is 105 cm³/mol. The average Bonchev–Trinajstić information content (AvgIpc) is 2.61. The van der Waals surface area contributed by atoms with Gasteiger partial charge in [-0.2, -0.15) is 0 Å². The van der Waals surface area contributed by atoms with E-state index < -0.39 is 12.1 Å². The molecular formula is C21H24ClNO4. The number of benzene rings is 2. The molecule has 0 spiro atoms. The maximum absolute atomic E-state index is 12.7. The summed E-state index contributed by atoms with van der Waals surface area (Å²) in [7, 11) is 0. The Bertz CT molecular complexity index is 789. The monoisotopic (exact) mass is 389 g/mol. The second kappa shape index (κ2) is 9.53. The Morgan fingerprint density at radius 1 is 1.11 bits per heavy atom. The molecule has 0 aliphatic heterocycles. The zero-order valence-electron chi connectivity index (χ0n) is 15.6. The van der Waals surface area contributed by atoms with Gasteiger partial charge in [-0.15, -0.1) is 0 Å². The van der Waals surface area contributed by atoms with E-state index in [-0.39, 0.29) is 23.4 Å². The van der Waals surface area contributed by atoms with Crippen LogP contribution in [0.5, 0.6) is 0 Å². The van der Waals surface area contributed by atoms with Gasteiger partial charge in [-0.25, -0.2) is 4.79 Å². The molecule has 0 aliphatic rings. The molecule has 0 saturated heterocycles. The largest absolute Gasteiger partial charge is 0.478 e. The molecule has 0 bridgehead atoms. The predicted octanol–water partition coefficient (Wildman–Crippen LogP) is 4.46. The van der Waals surface area contributed by atoms with Crippen molar-refractivity contribution in [3.8, 4) is 0 Å². The molecule has 5 nitrogen and oxygen atoms in total. The topological polar surface area (TPSA) is 75.6 Å². The van der Waals surface area contributed by atoms with Gasteiger partial charge in [0, 0.05) is 5.02 Å². The molecule has 2 rings (SSSR count). The summed E-state index contributed by atoms with van der Waals surface area (Å²) in [6.45, 7) is 5.99. The first-order valence-corrected chi connectivity index (χ1v) is 9.15. The number of hydrogen-bond donors (Lipinski definition) is 2. The van der Waals surface area contributed by atoms with Crippen LogP contribution in [0.15, 0.2) is 48.5 Å². The number of aromatic carboxylic acids is 1. The number of hydrogen-bond acceptors (Lipinski definition) is 3. The first-order valence-electron chi connectivity index (χ1n) is 8.77. The zero-order chi connectivity index (χ0) is 20.0. The summed E-state index contributed by atoms with van der Waals surface area (Å²) in [6.07, 6.45) is -0.607. The van der Waals surface area contributed by atoms with Crippen LogP contribution in [-0.4, -0.2) is 23.1 Å². The van der Waals surface area contributed by atoms with E-state index >= 15 is 0 Å². The lowest BCUT2D eigenvalue weighted by Gasteiger charge is -2.23. The third-order valence-electron chi connectivity index (χ3n) is 4.20. The van der Waals surface area contributed by atoms with Crippen LogP contribution in [0.25, 0.3) is 0 Å². The summed E-state index contributed by atoms with van der Waals surface area (Å²) in [5.74, 6) is -1.19. The fraction of sp³-hybridized carbons (Fsp3) is 0.333. The molecule has 2 aromatic rings. The number of amides is 1. The molecule has 0 aromatic heterocycles. The summed E-state index contributed by atoms with van der Waals surface area (Å²) in [5, 5.41) is 12.5. The van der Waals surface area contributed by atoms with Crippen molar-refractivity contribution in [3.05, 3.63) is 70.2 Å². The lowest BCUT2D eigenvalue weighted by Crippen LogP contribution is -2.40. The van der Waals surface area contributed by atoms with E-state index in [2.05, 4.69) is 5.32 Å². The number of carboxylic acid groups (broad SMARTS) is 1. The van der Waals surface area contributed by atoms with Crippen molar-refractivity contribution >= 4 is 23.5 Å². The summed E-state index contributed by atoms with van der Waals surface area (Å²) in [5.41, 5.74) is 1.94. The number of carbonyl (C=O) groups excluding carboxylic acids is 1. The maximum Gasteiger partial charge on any atom is 0.335 e. The van der Waals surface area contributed by atoms with Gasteiger partial charge < -0.3 is 15.2 Å². The fourth-order valence-electron chi connectivity index (χ4n) is 2.68. The van der Waals surface area contributed by atoms with Crippen molar-refractivity contribution in [1.29, 1.82) is 0 Å². The van der Waals surface area contributed by atoms with Gasteiger partial charge in [0.2, 0.25) is 5.91 Å². The first kappa shape index (κ1) is 20.9. The van der Waals surface area contributed by atoms with E-state index in [1.54, 1.807) is 18.2 Å². The number of carbonyl (C=O) groups is 2. The summed E-state index contributed by atoms with van der Waals surface area (Å²) < 4.78 is 5.85. The molecule has 1 unspecified atom stereocenters. The minimum Gasteiger partial charge on any atom is -0.478 e. The number of carboxylic acids is 1. The van der Waals surface area contributed by atoms with Crippen LogP contribution >= 0.6 is 11.6 Å². The van der Waals surface area contributed by atoms with Gasteiger partial charge in [0.1, 0.15) is 6.10 Å². The Hall–Kier alpha value is -2.37. The molecule has 6 heteroatoms. The van der Waals surface area contributed by atoms with Gasteiger partial charge >= 0.3 is 5.97 Å². The van der Waals surface area contributed by atoms with Gasteiger partial charge in [-0.05, 0) is 48.2 Å². The van der Waals surface area contributed by atoms with Crippen LogP contribution < -0.4 is 5.32 Å². The van der Waals surface area contributed by atoms with Gasteiger partial charge in [0.05, 0.1) is 18.2 Å². The van der Waals surface area contributed by atoms with Crippen molar-refractivity contribution < 1.29 is 19.4 Å². The molecule has 2 atom stereocenters. The molecule has 2 N–H and O–H groups in total. The van der Waals surface area contributed by atoms with Crippen LogP contribution in [0.1, 0.15) is 48.3 Å². The van der Waals surface area contributed by atoms with Crippen molar-refractivity contribution in [2.45, 2.75) is 39.5 Å². The van der Waals surface area contributed by atoms with E-state index in [1.165, 1.54) is 12.1 Å². The van der Waals surface area contributed by atoms with Crippen LogP contribution in [0.3, 0.4) is 0 Å². The lowest BCUT2D eigenvalue weighted by molar-refractivity contribution is -0.137. The minimum absolute atomic E-state index is 0.00855. The maximum atomic E-state index is 12.7. The van der Waals surface area contributed by atoms with E-state index in [0.717, 1.165) is 11.1 Å². The quantitative estimate of drug-likeness (QED) is 0.699. The Morgan fingerprint density at radius 3 is 2.33 bits per heavy atom. The van der Waals surface area contributed by atoms with Crippen LogP contribution in [0, 0.1) is 5.92 Å². The Morgan fingerprint density at radius 2 is 1.78 bits per heavy atom. The molecule has 0 fully saturated rings. The second-order valence-corrected chi connectivity index (χ2v) is 7.20. The molecule has 144 valence electrons. The normalized spacial score (nSPS) is 13.2. The molecular weight excluding hydrogens is 366 g/mol. The van der Waals surface area contributed by atoms with Crippen LogP contribution in [-0.2, 0) is 16.1 Å². The lowest BCUT2D eigenvalue weighted by atomic mass is 10.0. The SMILES string of the molecule is CC(C)C(OCc1cccc(Cl)c1)C(=O)N[C@@H](C)c1ccc(C(=O)O)cc1. The number of rotatable bonds is 8. The van der Waals surface area contributed by atoms with Crippen molar-refractivity contribution in [2.24, 2.45) is 5.92 Å². The van der Waals surface area contributed by atoms with E-state index in [0.29, 0.717) is 11.6 Å². The molecule has 0 radical (unpaired) electrons. The Labute approximate surface area is 164 Å². The molecule has 0 heterocycles. The third-order valence-corrected chi connectivity index (χ3v) is 4.43. The average molecular weight is 390 g/mol. The van der Waals surface area contributed by atoms with E-state index in [4.69, 9.17) is 21.4 Å². The second-order valence-electron chi connectivity index (χ2n) is 6.76. The third kappa shape index (κ3) is 6.08. The number of halogens is 1. The van der Waals surface area contributed by atoms with E-state index in [9.17, 15) is 9.59 Å². The highest BCUT2D eigenvalue weighted by Gasteiger charge is 2.24. The Kier molecular flexibility index (Phi) is 7.39. The molecule has 2 aromatic carbocycles. The minimum atomic E-state index is -0.979. The Balaban J connectivity index is 2.00. The van der Waals surface area contributed by atoms with Gasteiger partial charge in [0.15, 0.2) is 0 Å². The van der Waals surface area contributed by atoms with Crippen molar-refractivity contribution in [3.63, 3.8) is 0 Å². The molecule has 0 aliphatic carbocycles. The number of ether oxygens (including phenoxy) is 1. The summed E-state index contributed by atoms with van der Waals surface area (Å²) in [6, 6.07) is 13.5. The van der Waals surface area contributed by atoms with Crippen molar-refractivity contribution in [2.75, 3.05) is 0 Å². The molecule has 27 heavy (non-hydrogen) atoms. The standard InChI is InChI=1S/C21H24ClNO4/c1-13(2)19(27-12-15-5-4-6-18(22)11-15)20(24)23-14(3)16-7-9-17(10-8-16)21(25)26/h4-11,13-14,19H,12H2,1-3H3,(H,23,24)(H,25,26)/t14-,19?/m0/s1.